The van der Waals surface area contributed by atoms with Crippen LogP contribution in [-0.2, 0) is 10.5 Å². The molecule has 0 bridgehead atoms. The summed E-state index contributed by atoms with van der Waals surface area (Å²) in [6, 6.07) is 25.4. The van der Waals surface area contributed by atoms with Crippen LogP contribution < -0.4 is 4.90 Å². The molecular formula is C24H21N3O2S. The molecule has 1 atom stereocenters. The molecule has 1 amide bonds. The Morgan fingerprint density at radius 1 is 0.967 bits per heavy atom. The first kappa shape index (κ1) is 18.9. The van der Waals surface area contributed by atoms with E-state index in [1.54, 1.807) is 11.8 Å². The lowest BCUT2D eigenvalue weighted by molar-refractivity contribution is -0.156. The van der Waals surface area contributed by atoms with Crippen molar-refractivity contribution >= 4 is 34.8 Å². The van der Waals surface area contributed by atoms with Gasteiger partial charge in [-0.25, -0.2) is 0 Å². The minimum atomic E-state index is -1.47. The van der Waals surface area contributed by atoms with Crippen molar-refractivity contribution in [2.75, 3.05) is 11.4 Å². The van der Waals surface area contributed by atoms with E-state index in [4.69, 9.17) is 0 Å². The van der Waals surface area contributed by atoms with Crippen molar-refractivity contribution in [3.63, 3.8) is 0 Å². The van der Waals surface area contributed by atoms with Crippen LogP contribution in [0.25, 0.3) is 0 Å². The summed E-state index contributed by atoms with van der Waals surface area (Å²) in [6.07, 6.45) is 0.297. The number of hydrazone groups is 1. The fourth-order valence-corrected chi connectivity index (χ4v) is 5.16. The van der Waals surface area contributed by atoms with Gasteiger partial charge >= 0.3 is 0 Å². The maximum atomic E-state index is 13.5. The predicted octanol–water partition coefficient (Wildman–Crippen LogP) is 4.74. The van der Waals surface area contributed by atoms with Crippen LogP contribution in [0.1, 0.15) is 18.9 Å². The molecule has 3 aromatic carbocycles. The molecule has 2 heterocycles. The number of hydrogen-bond acceptors (Lipinski definition) is 5. The van der Waals surface area contributed by atoms with Gasteiger partial charge in [-0.05, 0) is 31.2 Å². The first-order valence-electron chi connectivity index (χ1n) is 9.85. The second kappa shape index (κ2) is 7.31. The molecular weight excluding hydrogens is 394 g/mol. The van der Waals surface area contributed by atoms with Crippen LogP contribution >= 0.6 is 11.8 Å². The molecule has 3 aromatic rings. The normalized spacial score (nSPS) is 19.9. The third-order valence-corrected chi connectivity index (χ3v) is 6.55. The van der Waals surface area contributed by atoms with Crippen LogP contribution in [0, 0.1) is 0 Å². The Bertz CT molecular complexity index is 1100. The molecule has 0 saturated carbocycles. The number of amides is 1. The fraction of sp³-hybridized carbons (Fsp3) is 0.167. The van der Waals surface area contributed by atoms with E-state index in [0.29, 0.717) is 12.0 Å². The van der Waals surface area contributed by atoms with E-state index in [1.807, 2.05) is 78.6 Å². The van der Waals surface area contributed by atoms with Crippen LogP contribution in [0.2, 0.25) is 0 Å². The largest absolute Gasteiger partial charge is 0.365 e. The smallest absolute Gasteiger partial charge is 0.265 e. The average Bonchev–Trinajstić information content (AvgIpc) is 3.09. The second-order valence-corrected chi connectivity index (χ2v) is 8.61. The van der Waals surface area contributed by atoms with E-state index in [9.17, 15) is 9.90 Å². The number of hydrogen-bond donors (Lipinski definition) is 1. The number of carbonyl (C=O) groups excluding carboxylic acids is 1. The molecule has 30 heavy (non-hydrogen) atoms. The molecule has 0 fully saturated rings. The average molecular weight is 416 g/mol. The standard InChI is InChI=1S/C24H21N3O2S/c1-17-15-24(29,18-9-3-2-4-10-18)27(25-17)23(28)16-26-19-11-5-7-13-21(19)30-22-14-8-6-12-20(22)26/h2-14,29H,15-16H2,1H3. The third-order valence-electron chi connectivity index (χ3n) is 5.42. The third kappa shape index (κ3) is 3.09. The monoisotopic (exact) mass is 415 g/mol. The summed E-state index contributed by atoms with van der Waals surface area (Å²) in [4.78, 5) is 17.7. The molecule has 0 aliphatic carbocycles. The van der Waals surface area contributed by atoms with E-state index in [0.717, 1.165) is 26.9 Å². The zero-order chi connectivity index (χ0) is 20.7. The van der Waals surface area contributed by atoms with E-state index < -0.39 is 5.72 Å². The summed E-state index contributed by atoms with van der Waals surface area (Å²) in [5, 5.41) is 17.1. The Hall–Kier alpha value is -3.09. The Morgan fingerprint density at radius 3 is 2.17 bits per heavy atom. The molecule has 2 aliphatic rings. The molecule has 150 valence electrons. The highest BCUT2D eigenvalue weighted by Crippen LogP contribution is 2.48. The highest BCUT2D eigenvalue weighted by molar-refractivity contribution is 7.99. The molecule has 1 unspecified atom stereocenters. The van der Waals surface area contributed by atoms with Gasteiger partial charge in [0.1, 0.15) is 6.54 Å². The van der Waals surface area contributed by atoms with Gasteiger partial charge in [-0.1, -0.05) is 66.4 Å². The number of fused-ring (bicyclic) bond motifs is 2. The number of anilines is 2. The summed E-state index contributed by atoms with van der Waals surface area (Å²) in [5.41, 5.74) is 1.89. The Balaban J connectivity index is 1.51. The molecule has 5 nitrogen and oxygen atoms in total. The minimum absolute atomic E-state index is 0.0838. The van der Waals surface area contributed by atoms with Gasteiger partial charge in [0, 0.05) is 27.5 Å². The Labute approximate surface area is 179 Å². The van der Waals surface area contributed by atoms with Crippen molar-refractivity contribution in [1.29, 1.82) is 0 Å². The highest BCUT2D eigenvalue weighted by atomic mass is 32.2. The van der Waals surface area contributed by atoms with Gasteiger partial charge in [0.25, 0.3) is 5.91 Å². The van der Waals surface area contributed by atoms with Crippen molar-refractivity contribution in [3.05, 3.63) is 84.4 Å². The number of benzene rings is 3. The number of carbonyl (C=O) groups is 1. The van der Waals surface area contributed by atoms with Gasteiger partial charge < -0.3 is 10.0 Å². The van der Waals surface area contributed by atoms with Gasteiger partial charge in [-0.3, -0.25) is 4.79 Å². The van der Waals surface area contributed by atoms with Crippen molar-refractivity contribution in [3.8, 4) is 0 Å². The van der Waals surface area contributed by atoms with Crippen LogP contribution in [0.4, 0.5) is 11.4 Å². The van der Waals surface area contributed by atoms with Gasteiger partial charge in [-0.2, -0.15) is 10.1 Å². The van der Waals surface area contributed by atoms with Crippen molar-refractivity contribution < 1.29 is 9.90 Å². The first-order valence-corrected chi connectivity index (χ1v) is 10.7. The maximum absolute atomic E-state index is 13.5. The number of aliphatic hydroxyl groups is 1. The lowest BCUT2D eigenvalue weighted by atomic mass is 9.97. The summed E-state index contributed by atoms with van der Waals surface area (Å²) >= 11 is 1.70. The fourth-order valence-electron chi connectivity index (χ4n) is 4.07. The van der Waals surface area contributed by atoms with Crippen molar-refractivity contribution in [2.24, 2.45) is 5.10 Å². The number of rotatable bonds is 3. The lowest BCUT2D eigenvalue weighted by Gasteiger charge is -2.36. The van der Waals surface area contributed by atoms with E-state index >= 15 is 0 Å². The van der Waals surface area contributed by atoms with Crippen LogP contribution in [-0.4, -0.2) is 28.3 Å². The van der Waals surface area contributed by atoms with E-state index in [-0.39, 0.29) is 12.5 Å². The topological polar surface area (TPSA) is 56.1 Å². The van der Waals surface area contributed by atoms with Gasteiger partial charge in [0.05, 0.1) is 11.4 Å². The molecule has 0 radical (unpaired) electrons. The summed E-state index contributed by atoms with van der Waals surface area (Å²) in [6.45, 7) is 1.92. The Morgan fingerprint density at radius 2 is 1.53 bits per heavy atom. The summed E-state index contributed by atoms with van der Waals surface area (Å²) in [7, 11) is 0. The van der Waals surface area contributed by atoms with Crippen molar-refractivity contribution in [2.45, 2.75) is 28.9 Å². The summed E-state index contributed by atoms with van der Waals surface area (Å²) < 4.78 is 0. The molecule has 0 saturated heterocycles. The van der Waals surface area contributed by atoms with Gasteiger partial charge in [0.15, 0.2) is 5.72 Å². The van der Waals surface area contributed by atoms with Gasteiger partial charge in [-0.15, -0.1) is 0 Å². The van der Waals surface area contributed by atoms with Crippen LogP contribution in [0.3, 0.4) is 0 Å². The molecule has 5 rings (SSSR count). The summed E-state index contributed by atoms with van der Waals surface area (Å²) in [5.74, 6) is -0.255. The van der Waals surface area contributed by atoms with E-state index in [2.05, 4.69) is 17.2 Å². The Kier molecular flexibility index (Phi) is 4.60. The second-order valence-electron chi connectivity index (χ2n) is 7.52. The molecule has 6 heteroatoms. The molecule has 1 N–H and O–H groups in total. The quantitative estimate of drug-likeness (QED) is 0.671. The number of nitrogens with zero attached hydrogens (tertiary/aromatic N) is 3. The zero-order valence-corrected chi connectivity index (χ0v) is 17.3. The van der Waals surface area contributed by atoms with Crippen LogP contribution in [0.5, 0.6) is 0 Å². The highest BCUT2D eigenvalue weighted by Gasteiger charge is 2.45. The maximum Gasteiger partial charge on any atom is 0.265 e. The number of para-hydroxylation sites is 2. The minimum Gasteiger partial charge on any atom is -0.365 e. The van der Waals surface area contributed by atoms with Crippen molar-refractivity contribution in [1.82, 2.24) is 5.01 Å². The van der Waals surface area contributed by atoms with Crippen LogP contribution in [0.15, 0.2) is 93.8 Å². The predicted molar refractivity (Wildman–Crippen MR) is 119 cm³/mol. The SMILES string of the molecule is CC1=NN(C(=O)CN2c3ccccc3Sc3ccccc32)C(O)(c2ccccc2)C1. The first-order chi connectivity index (χ1) is 14.6. The molecule has 0 aromatic heterocycles. The van der Waals surface area contributed by atoms with Gasteiger partial charge in [0.2, 0.25) is 0 Å². The lowest BCUT2D eigenvalue weighted by Crippen LogP contribution is -2.47. The molecule has 0 spiro atoms. The molecule has 2 aliphatic heterocycles. The zero-order valence-electron chi connectivity index (χ0n) is 16.5. The van der Waals surface area contributed by atoms with E-state index in [1.165, 1.54) is 5.01 Å².